The molecule has 0 spiro atoms. The highest BCUT2D eigenvalue weighted by atomic mass is 16.1. The SMILES string of the molecule is CNC(=O)c1ccc(Nc2ccc(N)cc2)nn1. The topological polar surface area (TPSA) is 92.9 Å². The van der Waals surface area contributed by atoms with Crippen LogP contribution < -0.4 is 16.4 Å². The average molecular weight is 243 g/mol. The minimum absolute atomic E-state index is 0.262. The summed E-state index contributed by atoms with van der Waals surface area (Å²) in [6.07, 6.45) is 0. The molecule has 18 heavy (non-hydrogen) atoms. The molecular weight excluding hydrogens is 230 g/mol. The Balaban J connectivity index is 2.10. The Morgan fingerprint density at radius 1 is 1.11 bits per heavy atom. The summed E-state index contributed by atoms with van der Waals surface area (Å²) in [4.78, 5) is 11.3. The summed E-state index contributed by atoms with van der Waals surface area (Å²) in [5.74, 6) is 0.300. The first-order valence-corrected chi connectivity index (χ1v) is 5.37. The highest BCUT2D eigenvalue weighted by Gasteiger charge is 2.05. The molecular formula is C12H13N5O. The maximum atomic E-state index is 11.3. The number of hydrogen-bond acceptors (Lipinski definition) is 5. The maximum Gasteiger partial charge on any atom is 0.271 e. The van der Waals surface area contributed by atoms with Crippen LogP contribution in [0.3, 0.4) is 0 Å². The average Bonchev–Trinajstić information content (AvgIpc) is 2.41. The molecule has 6 heteroatoms. The molecule has 0 saturated carbocycles. The van der Waals surface area contributed by atoms with Crippen molar-refractivity contribution < 1.29 is 4.79 Å². The number of carbonyl (C=O) groups is 1. The Morgan fingerprint density at radius 2 is 1.83 bits per heavy atom. The highest BCUT2D eigenvalue weighted by Crippen LogP contribution is 2.15. The molecule has 1 aromatic heterocycles. The minimum atomic E-state index is -0.262. The Hall–Kier alpha value is -2.63. The summed E-state index contributed by atoms with van der Waals surface area (Å²) < 4.78 is 0. The zero-order chi connectivity index (χ0) is 13.0. The van der Waals surface area contributed by atoms with Crippen LogP contribution in [0, 0.1) is 0 Å². The van der Waals surface area contributed by atoms with Gasteiger partial charge in [0.1, 0.15) is 0 Å². The summed E-state index contributed by atoms with van der Waals surface area (Å²) in [7, 11) is 1.55. The van der Waals surface area contributed by atoms with Gasteiger partial charge in [-0.05, 0) is 36.4 Å². The predicted molar refractivity (Wildman–Crippen MR) is 69.6 cm³/mol. The number of nitrogens with zero attached hydrogens (tertiary/aromatic N) is 2. The molecule has 0 atom stereocenters. The van der Waals surface area contributed by atoms with Crippen molar-refractivity contribution in [1.29, 1.82) is 0 Å². The van der Waals surface area contributed by atoms with Gasteiger partial charge in [-0.1, -0.05) is 0 Å². The largest absolute Gasteiger partial charge is 0.399 e. The van der Waals surface area contributed by atoms with Gasteiger partial charge in [0.15, 0.2) is 11.5 Å². The fourth-order valence-corrected chi connectivity index (χ4v) is 1.36. The molecule has 6 nitrogen and oxygen atoms in total. The van der Waals surface area contributed by atoms with E-state index in [4.69, 9.17) is 5.73 Å². The van der Waals surface area contributed by atoms with Gasteiger partial charge in [-0.2, -0.15) is 0 Å². The van der Waals surface area contributed by atoms with Crippen LogP contribution in [0.2, 0.25) is 0 Å². The standard InChI is InChI=1S/C12H13N5O/c1-14-12(18)10-6-7-11(17-16-10)15-9-4-2-8(13)3-5-9/h2-7H,13H2,1H3,(H,14,18)(H,15,17). The van der Waals surface area contributed by atoms with E-state index < -0.39 is 0 Å². The molecule has 0 unspecified atom stereocenters. The number of hydrogen-bond donors (Lipinski definition) is 3. The third kappa shape index (κ3) is 2.73. The van der Waals surface area contributed by atoms with Crippen molar-refractivity contribution in [1.82, 2.24) is 15.5 Å². The molecule has 0 aliphatic carbocycles. The van der Waals surface area contributed by atoms with Crippen molar-refractivity contribution in [2.45, 2.75) is 0 Å². The van der Waals surface area contributed by atoms with Crippen molar-refractivity contribution in [2.24, 2.45) is 0 Å². The molecule has 0 radical (unpaired) electrons. The van der Waals surface area contributed by atoms with Crippen LogP contribution >= 0.6 is 0 Å². The summed E-state index contributed by atoms with van der Waals surface area (Å²) in [5, 5.41) is 13.3. The van der Waals surface area contributed by atoms with E-state index in [0.29, 0.717) is 11.5 Å². The molecule has 4 N–H and O–H groups in total. The summed E-state index contributed by atoms with van der Waals surface area (Å²) in [6, 6.07) is 10.5. The number of carbonyl (C=O) groups excluding carboxylic acids is 1. The zero-order valence-electron chi connectivity index (χ0n) is 9.84. The van der Waals surface area contributed by atoms with Crippen molar-refractivity contribution in [3.8, 4) is 0 Å². The molecule has 1 amide bonds. The fourth-order valence-electron chi connectivity index (χ4n) is 1.36. The van der Waals surface area contributed by atoms with E-state index in [0.717, 1.165) is 5.69 Å². The Labute approximate surface area is 104 Å². The van der Waals surface area contributed by atoms with Gasteiger partial charge >= 0.3 is 0 Å². The number of anilines is 3. The van der Waals surface area contributed by atoms with Crippen molar-refractivity contribution >= 4 is 23.1 Å². The number of aromatic nitrogens is 2. The van der Waals surface area contributed by atoms with E-state index >= 15 is 0 Å². The van der Waals surface area contributed by atoms with Gasteiger partial charge in [0.25, 0.3) is 5.91 Å². The van der Waals surface area contributed by atoms with Gasteiger partial charge < -0.3 is 16.4 Å². The van der Waals surface area contributed by atoms with Gasteiger partial charge in [0.2, 0.25) is 0 Å². The second kappa shape index (κ2) is 5.13. The van der Waals surface area contributed by atoms with Crippen molar-refractivity contribution in [3.05, 3.63) is 42.1 Å². The molecule has 1 aromatic carbocycles. The summed E-state index contributed by atoms with van der Waals surface area (Å²) >= 11 is 0. The Bertz CT molecular complexity index is 535. The smallest absolute Gasteiger partial charge is 0.271 e. The lowest BCUT2D eigenvalue weighted by Crippen LogP contribution is -2.19. The summed E-state index contributed by atoms with van der Waals surface area (Å²) in [6.45, 7) is 0. The van der Waals surface area contributed by atoms with Crippen LogP contribution in [0.5, 0.6) is 0 Å². The molecule has 1 heterocycles. The van der Waals surface area contributed by atoms with E-state index in [1.54, 1.807) is 31.3 Å². The molecule has 2 rings (SSSR count). The van der Waals surface area contributed by atoms with Crippen molar-refractivity contribution in [2.75, 3.05) is 18.1 Å². The number of benzene rings is 1. The number of nitrogens with one attached hydrogen (secondary N) is 2. The fraction of sp³-hybridized carbons (Fsp3) is 0.0833. The van der Waals surface area contributed by atoms with Gasteiger partial charge in [0, 0.05) is 18.4 Å². The highest BCUT2D eigenvalue weighted by molar-refractivity contribution is 5.91. The second-order valence-electron chi connectivity index (χ2n) is 3.63. The number of nitrogen functional groups attached to an aromatic ring is 1. The molecule has 0 saturated heterocycles. The first kappa shape index (κ1) is 11.8. The van der Waals surface area contributed by atoms with E-state index in [9.17, 15) is 4.79 Å². The lowest BCUT2D eigenvalue weighted by Gasteiger charge is -2.05. The Kier molecular flexibility index (Phi) is 3.38. The minimum Gasteiger partial charge on any atom is -0.399 e. The van der Waals surface area contributed by atoms with E-state index in [2.05, 4.69) is 20.8 Å². The van der Waals surface area contributed by atoms with Crippen LogP contribution in [0.1, 0.15) is 10.5 Å². The predicted octanol–water partition coefficient (Wildman–Crippen LogP) is 1.16. The lowest BCUT2D eigenvalue weighted by atomic mass is 10.3. The maximum absolute atomic E-state index is 11.3. The second-order valence-corrected chi connectivity index (χ2v) is 3.63. The number of nitrogens with two attached hydrogens (primary N) is 1. The third-order valence-corrected chi connectivity index (χ3v) is 2.31. The summed E-state index contributed by atoms with van der Waals surface area (Å²) in [5.41, 5.74) is 7.42. The molecule has 92 valence electrons. The van der Waals surface area contributed by atoms with E-state index in [1.165, 1.54) is 0 Å². The molecule has 0 bridgehead atoms. The van der Waals surface area contributed by atoms with Crippen molar-refractivity contribution in [3.63, 3.8) is 0 Å². The van der Waals surface area contributed by atoms with Gasteiger partial charge in [-0.15, -0.1) is 10.2 Å². The Morgan fingerprint density at radius 3 is 2.39 bits per heavy atom. The third-order valence-electron chi connectivity index (χ3n) is 2.31. The normalized spacial score (nSPS) is 9.83. The zero-order valence-corrected chi connectivity index (χ0v) is 9.84. The monoisotopic (exact) mass is 243 g/mol. The first-order chi connectivity index (χ1) is 8.69. The lowest BCUT2D eigenvalue weighted by molar-refractivity contribution is 0.0957. The van der Waals surface area contributed by atoms with Crippen LogP contribution in [-0.2, 0) is 0 Å². The number of amides is 1. The van der Waals surface area contributed by atoms with Crippen LogP contribution in [0.15, 0.2) is 36.4 Å². The van der Waals surface area contributed by atoms with Crippen LogP contribution in [0.4, 0.5) is 17.2 Å². The van der Waals surface area contributed by atoms with E-state index in [1.807, 2.05) is 12.1 Å². The van der Waals surface area contributed by atoms with E-state index in [-0.39, 0.29) is 11.6 Å². The van der Waals surface area contributed by atoms with Gasteiger partial charge in [-0.25, -0.2) is 0 Å². The molecule has 2 aromatic rings. The van der Waals surface area contributed by atoms with Gasteiger partial charge in [0.05, 0.1) is 0 Å². The van der Waals surface area contributed by atoms with Crippen LogP contribution in [0.25, 0.3) is 0 Å². The quantitative estimate of drug-likeness (QED) is 0.703. The molecule has 0 aliphatic rings. The molecule has 0 fully saturated rings. The first-order valence-electron chi connectivity index (χ1n) is 5.37. The van der Waals surface area contributed by atoms with Gasteiger partial charge in [-0.3, -0.25) is 4.79 Å². The van der Waals surface area contributed by atoms with Crippen LogP contribution in [-0.4, -0.2) is 23.2 Å². The molecule has 0 aliphatic heterocycles. The number of rotatable bonds is 3.